The van der Waals surface area contributed by atoms with Gasteiger partial charge in [0.05, 0.1) is 11.3 Å². The van der Waals surface area contributed by atoms with E-state index < -0.39 is 11.7 Å². The van der Waals surface area contributed by atoms with E-state index in [9.17, 15) is 13.2 Å². The molecule has 0 aliphatic carbocycles. The Labute approximate surface area is 112 Å². The molecule has 1 N–H and O–H groups in total. The molecular weight excluding hydrogens is 279 g/mol. The van der Waals surface area contributed by atoms with Gasteiger partial charge in [0.1, 0.15) is 5.82 Å². The van der Waals surface area contributed by atoms with Crippen LogP contribution in [0.25, 0.3) is 0 Å². The van der Waals surface area contributed by atoms with Crippen LogP contribution in [-0.4, -0.2) is 9.97 Å². The summed E-state index contributed by atoms with van der Waals surface area (Å²) in [7, 11) is 0. The standard InChI is InChI=1S/C12H9ClF3N3/c1-7-6-17-11(13)19-10(7)18-9-5-3-2-4-8(9)12(14,15)16/h2-6H,1H3,(H,17,18,19). The lowest BCUT2D eigenvalue weighted by Gasteiger charge is -2.14. The van der Waals surface area contributed by atoms with Gasteiger partial charge >= 0.3 is 6.18 Å². The first-order valence-corrected chi connectivity index (χ1v) is 5.68. The molecule has 3 nitrogen and oxygen atoms in total. The van der Waals surface area contributed by atoms with Gasteiger partial charge in [0.2, 0.25) is 5.28 Å². The normalized spacial score (nSPS) is 11.4. The maximum atomic E-state index is 12.8. The lowest BCUT2D eigenvalue weighted by Crippen LogP contribution is -2.09. The van der Waals surface area contributed by atoms with E-state index in [0.29, 0.717) is 5.56 Å². The Bertz CT molecular complexity index is 599. The summed E-state index contributed by atoms with van der Waals surface area (Å²) in [6, 6.07) is 5.17. The number of para-hydroxylation sites is 1. The summed E-state index contributed by atoms with van der Waals surface area (Å²) in [6.07, 6.45) is -3.00. The van der Waals surface area contributed by atoms with Crippen LogP contribution in [0.4, 0.5) is 24.7 Å². The highest BCUT2D eigenvalue weighted by molar-refractivity contribution is 6.28. The Morgan fingerprint density at radius 2 is 1.89 bits per heavy atom. The quantitative estimate of drug-likeness (QED) is 0.841. The number of anilines is 2. The molecule has 0 fully saturated rings. The van der Waals surface area contributed by atoms with Crippen molar-refractivity contribution in [3.05, 3.63) is 46.9 Å². The van der Waals surface area contributed by atoms with Gasteiger partial charge in [-0.25, -0.2) is 9.97 Å². The van der Waals surface area contributed by atoms with Crippen LogP contribution in [0.1, 0.15) is 11.1 Å². The van der Waals surface area contributed by atoms with Crippen LogP contribution < -0.4 is 5.32 Å². The zero-order valence-electron chi connectivity index (χ0n) is 9.79. The van der Waals surface area contributed by atoms with E-state index in [1.165, 1.54) is 24.4 Å². The number of hydrogen-bond donors (Lipinski definition) is 1. The minimum atomic E-state index is -4.44. The largest absolute Gasteiger partial charge is 0.418 e. The zero-order chi connectivity index (χ0) is 14.0. The van der Waals surface area contributed by atoms with E-state index >= 15 is 0 Å². The average molecular weight is 288 g/mol. The summed E-state index contributed by atoms with van der Waals surface area (Å²) < 4.78 is 38.5. The zero-order valence-corrected chi connectivity index (χ0v) is 10.5. The van der Waals surface area contributed by atoms with Crippen molar-refractivity contribution >= 4 is 23.1 Å². The van der Waals surface area contributed by atoms with Crippen LogP contribution in [0.15, 0.2) is 30.5 Å². The Hall–Kier alpha value is -1.82. The van der Waals surface area contributed by atoms with Crippen LogP contribution in [0.5, 0.6) is 0 Å². The molecule has 0 saturated carbocycles. The smallest absolute Gasteiger partial charge is 0.339 e. The van der Waals surface area contributed by atoms with Gasteiger partial charge in [-0.2, -0.15) is 13.2 Å². The summed E-state index contributed by atoms with van der Waals surface area (Å²) >= 11 is 5.63. The third kappa shape index (κ3) is 3.14. The van der Waals surface area contributed by atoms with Crippen LogP contribution in [0.3, 0.4) is 0 Å². The number of aromatic nitrogens is 2. The molecular formula is C12H9ClF3N3. The maximum absolute atomic E-state index is 12.8. The van der Waals surface area contributed by atoms with E-state index in [0.717, 1.165) is 6.07 Å². The van der Waals surface area contributed by atoms with Crippen LogP contribution in [0.2, 0.25) is 5.28 Å². The van der Waals surface area contributed by atoms with Crippen LogP contribution >= 0.6 is 11.6 Å². The van der Waals surface area contributed by atoms with E-state index in [2.05, 4.69) is 15.3 Å². The summed E-state index contributed by atoms with van der Waals surface area (Å²) in [6.45, 7) is 1.68. The number of hydrogen-bond acceptors (Lipinski definition) is 3. The Morgan fingerprint density at radius 1 is 1.21 bits per heavy atom. The van der Waals surface area contributed by atoms with E-state index in [1.54, 1.807) is 6.92 Å². The molecule has 1 aromatic carbocycles. The fourth-order valence-electron chi connectivity index (χ4n) is 1.51. The molecule has 0 radical (unpaired) electrons. The molecule has 1 heterocycles. The second-order valence-electron chi connectivity index (χ2n) is 3.84. The number of nitrogens with one attached hydrogen (secondary N) is 1. The lowest BCUT2D eigenvalue weighted by molar-refractivity contribution is -0.136. The average Bonchev–Trinajstić information content (AvgIpc) is 2.33. The number of nitrogens with zero attached hydrogens (tertiary/aromatic N) is 2. The Morgan fingerprint density at radius 3 is 2.58 bits per heavy atom. The fourth-order valence-corrected chi connectivity index (χ4v) is 1.65. The van der Waals surface area contributed by atoms with Crippen molar-refractivity contribution in [1.29, 1.82) is 0 Å². The first-order chi connectivity index (χ1) is 8.88. The molecule has 0 unspecified atom stereocenters. The fraction of sp³-hybridized carbons (Fsp3) is 0.167. The van der Waals surface area contributed by atoms with Gasteiger partial charge in [-0.1, -0.05) is 12.1 Å². The van der Waals surface area contributed by atoms with Gasteiger partial charge < -0.3 is 5.32 Å². The molecule has 0 saturated heterocycles. The second kappa shape index (κ2) is 5.05. The van der Waals surface area contributed by atoms with Gasteiger partial charge in [-0.3, -0.25) is 0 Å². The van der Waals surface area contributed by atoms with Crippen molar-refractivity contribution in [2.24, 2.45) is 0 Å². The van der Waals surface area contributed by atoms with E-state index in [1.807, 2.05) is 0 Å². The molecule has 0 spiro atoms. The number of aryl methyl sites for hydroxylation is 1. The molecule has 2 aromatic rings. The maximum Gasteiger partial charge on any atom is 0.418 e. The molecule has 100 valence electrons. The third-order valence-corrected chi connectivity index (χ3v) is 2.61. The predicted molar refractivity (Wildman–Crippen MR) is 66.5 cm³/mol. The highest BCUT2D eigenvalue weighted by Crippen LogP contribution is 2.35. The van der Waals surface area contributed by atoms with Gasteiger partial charge in [0.25, 0.3) is 0 Å². The van der Waals surface area contributed by atoms with Gasteiger partial charge in [-0.15, -0.1) is 0 Å². The lowest BCUT2D eigenvalue weighted by atomic mass is 10.1. The first kappa shape index (κ1) is 13.6. The number of halogens is 4. The molecule has 0 atom stereocenters. The van der Waals surface area contributed by atoms with Crippen molar-refractivity contribution < 1.29 is 13.2 Å². The van der Waals surface area contributed by atoms with Crippen molar-refractivity contribution in [3.8, 4) is 0 Å². The molecule has 2 rings (SSSR count). The van der Waals surface area contributed by atoms with Crippen LogP contribution in [-0.2, 0) is 6.18 Å². The van der Waals surface area contributed by atoms with E-state index in [4.69, 9.17) is 11.6 Å². The van der Waals surface area contributed by atoms with Crippen molar-refractivity contribution in [3.63, 3.8) is 0 Å². The predicted octanol–water partition coefficient (Wildman–Crippen LogP) is 4.20. The molecule has 0 amide bonds. The number of alkyl halides is 3. The third-order valence-electron chi connectivity index (χ3n) is 2.43. The summed E-state index contributed by atoms with van der Waals surface area (Å²) in [5.74, 6) is 0.247. The number of rotatable bonds is 2. The molecule has 0 aliphatic heterocycles. The second-order valence-corrected chi connectivity index (χ2v) is 4.18. The van der Waals surface area contributed by atoms with Crippen molar-refractivity contribution in [1.82, 2.24) is 9.97 Å². The molecule has 19 heavy (non-hydrogen) atoms. The molecule has 0 bridgehead atoms. The highest BCUT2D eigenvalue weighted by Gasteiger charge is 2.33. The molecule has 1 aromatic heterocycles. The molecule has 7 heteroatoms. The minimum Gasteiger partial charge on any atom is -0.339 e. The first-order valence-electron chi connectivity index (χ1n) is 5.30. The van der Waals surface area contributed by atoms with Crippen molar-refractivity contribution in [2.45, 2.75) is 13.1 Å². The van der Waals surface area contributed by atoms with Crippen molar-refractivity contribution in [2.75, 3.05) is 5.32 Å². The van der Waals surface area contributed by atoms with E-state index in [-0.39, 0.29) is 16.8 Å². The minimum absolute atomic E-state index is 0.0300. The summed E-state index contributed by atoms with van der Waals surface area (Å²) in [4.78, 5) is 7.61. The SMILES string of the molecule is Cc1cnc(Cl)nc1Nc1ccccc1C(F)(F)F. The van der Waals surface area contributed by atoms with Gasteiger partial charge in [0, 0.05) is 11.8 Å². The van der Waals surface area contributed by atoms with Gasteiger partial charge in [0.15, 0.2) is 0 Å². The van der Waals surface area contributed by atoms with Gasteiger partial charge in [-0.05, 0) is 30.7 Å². The Balaban J connectivity index is 2.41. The number of benzene rings is 1. The summed E-state index contributed by atoms with van der Waals surface area (Å²) in [5.41, 5.74) is -0.238. The Kier molecular flexibility index (Phi) is 3.61. The summed E-state index contributed by atoms with van der Waals surface area (Å²) in [5, 5.41) is 2.60. The van der Waals surface area contributed by atoms with Crippen LogP contribution in [0, 0.1) is 6.92 Å². The highest BCUT2D eigenvalue weighted by atomic mass is 35.5. The monoisotopic (exact) mass is 287 g/mol. The topological polar surface area (TPSA) is 37.8 Å². The molecule has 0 aliphatic rings.